The first-order chi connectivity index (χ1) is 16.6. The topological polar surface area (TPSA) is 51.5 Å². The van der Waals surface area contributed by atoms with E-state index in [-0.39, 0.29) is 29.5 Å². The molecule has 1 amide bonds. The monoisotopic (exact) mass is 472 g/mol. The third kappa shape index (κ3) is 4.20. The standard InChI is InChI=1S/C29H29FN2O3/c1-7-35-29(34)27-21(6)32(23-13-12-17(2)18(3)14-23)28(33)24(27)16-22-15-19(4)31(20(22)5)26-11-9-8-10-25(26)30/h8-16H,7H2,1-6H3/b24-16-. The summed E-state index contributed by atoms with van der Waals surface area (Å²) < 4.78 is 21.7. The van der Waals surface area contributed by atoms with Crippen molar-refractivity contribution in [1.82, 2.24) is 4.57 Å². The molecule has 0 atom stereocenters. The summed E-state index contributed by atoms with van der Waals surface area (Å²) in [5.41, 5.74) is 6.61. The number of benzene rings is 2. The molecule has 2 aromatic carbocycles. The van der Waals surface area contributed by atoms with Gasteiger partial charge in [-0.05, 0) is 94.6 Å². The number of anilines is 1. The van der Waals surface area contributed by atoms with Crippen LogP contribution in [0.2, 0.25) is 0 Å². The van der Waals surface area contributed by atoms with Crippen molar-refractivity contribution in [3.8, 4) is 5.69 Å². The molecule has 4 rings (SSSR count). The molecule has 0 unspecified atom stereocenters. The van der Waals surface area contributed by atoms with Crippen molar-refractivity contribution in [2.24, 2.45) is 0 Å². The molecule has 0 aliphatic carbocycles. The lowest BCUT2D eigenvalue weighted by Crippen LogP contribution is -2.24. The number of carbonyl (C=O) groups excluding carboxylic acids is 2. The SMILES string of the molecule is CCOC(=O)C1=C(C)N(c2ccc(C)c(C)c2)C(=O)/C1=C\c1cc(C)n(-c2ccccc2F)c1C. The molecular formula is C29H29FN2O3. The molecular weight excluding hydrogens is 443 g/mol. The van der Waals surface area contributed by atoms with E-state index in [0.29, 0.717) is 17.1 Å². The first-order valence-electron chi connectivity index (χ1n) is 11.6. The second kappa shape index (κ2) is 9.37. The molecule has 1 aromatic heterocycles. The number of carbonyl (C=O) groups is 2. The average molecular weight is 473 g/mol. The zero-order valence-electron chi connectivity index (χ0n) is 20.9. The summed E-state index contributed by atoms with van der Waals surface area (Å²) in [6.07, 6.45) is 1.71. The largest absolute Gasteiger partial charge is 0.462 e. The van der Waals surface area contributed by atoms with Crippen molar-refractivity contribution < 1.29 is 18.7 Å². The fraction of sp³-hybridized carbons (Fsp3) is 0.241. The fourth-order valence-corrected chi connectivity index (χ4v) is 4.55. The lowest BCUT2D eigenvalue weighted by Gasteiger charge is -2.19. The average Bonchev–Trinajstić information content (AvgIpc) is 3.22. The van der Waals surface area contributed by atoms with Crippen molar-refractivity contribution in [3.63, 3.8) is 0 Å². The second-order valence-electron chi connectivity index (χ2n) is 8.76. The third-order valence-electron chi connectivity index (χ3n) is 6.49. The number of esters is 1. The van der Waals surface area contributed by atoms with Gasteiger partial charge in [-0.1, -0.05) is 18.2 Å². The Hall–Kier alpha value is -3.93. The molecule has 2 heterocycles. The van der Waals surface area contributed by atoms with Crippen molar-refractivity contribution in [1.29, 1.82) is 0 Å². The van der Waals surface area contributed by atoms with E-state index in [4.69, 9.17) is 4.74 Å². The minimum absolute atomic E-state index is 0.197. The van der Waals surface area contributed by atoms with E-state index in [9.17, 15) is 14.0 Å². The minimum atomic E-state index is -0.543. The molecule has 6 heteroatoms. The van der Waals surface area contributed by atoms with Crippen LogP contribution in [0, 0.1) is 33.5 Å². The summed E-state index contributed by atoms with van der Waals surface area (Å²) in [6.45, 7) is 11.4. The maximum absolute atomic E-state index is 14.5. The molecule has 0 spiro atoms. The number of para-hydroxylation sites is 1. The van der Waals surface area contributed by atoms with Crippen LogP contribution in [-0.2, 0) is 14.3 Å². The third-order valence-corrected chi connectivity index (χ3v) is 6.49. The molecule has 0 saturated heterocycles. The van der Waals surface area contributed by atoms with Gasteiger partial charge in [-0.15, -0.1) is 0 Å². The number of halogens is 1. The zero-order chi connectivity index (χ0) is 25.4. The second-order valence-corrected chi connectivity index (χ2v) is 8.76. The Morgan fingerprint density at radius 3 is 2.37 bits per heavy atom. The van der Waals surface area contributed by atoms with E-state index in [1.54, 1.807) is 43.0 Å². The van der Waals surface area contributed by atoms with Crippen LogP contribution >= 0.6 is 0 Å². The van der Waals surface area contributed by atoms with Crippen LogP contribution in [0.15, 0.2) is 65.4 Å². The smallest absolute Gasteiger partial charge is 0.340 e. The van der Waals surface area contributed by atoms with Crippen LogP contribution in [0.4, 0.5) is 10.1 Å². The highest BCUT2D eigenvalue weighted by molar-refractivity contribution is 6.23. The molecule has 5 nitrogen and oxygen atoms in total. The summed E-state index contributed by atoms with van der Waals surface area (Å²) >= 11 is 0. The van der Waals surface area contributed by atoms with E-state index in [0.717, 1.165) is 28.1 Å². The van der Waals surface area contributed by atoms with Crippen LogP contribution in [0.25, 0.3) is 11.8 Å². The lowest BCUT2D eigenvalue weighted by molar-refractivity contribution is -0.138. The number of rotatable bonds is 5. The summed E-state index contributed by atoms with van der Waals surface area (Å²) in [6, 6.07) is 14.2. The highest BCUT2D eigenvalue weighted by Gasteiger charge is 2.38. The molecule has 0 fully saturated rings. The van der Waals surface area contributed by atoms with Gasteiger partial charge in [0, 0.05) is 22.8 Å². The van der Waals surface area contributed by atoms with Gasteiger partial charge in [0.2, 0.25) is 0 Å². The van der Waals surface area contributed by atoms with E-state index >= 15 is 0 Å². The molecule has 3 aromatic rings. The van der Waals surface area contributed by atoms with Gasteiger partial charge >= 0.3 is 5.97 Å². The van der Waals surface area contributed by atoms with E-state index in [1.807, 2.05) is 56.5 Å². The first-order valence-corrected chi connectivity index (χ1v) is 11.6. The van der Waals surface area contributed by atoms with Gasteiger partial charge in [0.05, 0.1) is 23.4 Å². The molecule has 35 heavy (non-hydrogen) atoms. The van der Waals surface area contributed by atoms with E-state index in [2.05, 4.69) is 0 Å². The summed E-state index contributed by atoms with van der Waals surface area (Å²) in [5, 5.41) is 0. The van der Waals surface area contributed by atoms with Gasteiger partial charge in [0.1, 0.15) is 5.82 Å². The molecule has 180 valence electrons. The van der Waals surface area contributed by atoms with Gasteiger partial charge in [0.25, 0.3) is 5.91 Å². The Labute approximate surface area is 205 Å². The van der Waals surface area contributed by atoms with E-state index in [1.165, 1.54) is 6.07 Å². The van der Waals surface area contributed by atoms with Crippen LogP contribution in [0.1, 0.15) is 41.9 Å². The summed E-state index contributed by atoms with van der Waals surface area (Å²) in [4.78, 5) is 28.2. The highest BCUT2D eigenvalue weighted by atomic mass is 19.1. The molecule has 0 N–H and O–H groups in total. The Balaban J connectivity index is 1.87. The lowest BCUT2D eigenvalue weighted by atomic mass is 10.0. The number of aromatic nitrogens is 1. The Morgan fingerprint density at radius 2 is 1.71 bits per heavy atom. The molecule has 0 saturated carbocycles. The number of hydrogen-bond acceptors (Lipinski definition) is 3. The van der Waals surface area contributed by atoms with E-state index < -0.39 is 5.97 Å². The maximum Gasteiger partial charge on any atom is 0.340 e. The number of allylic oxidation sites excluding steroid dienone is 1. The normalized spacial score (nSPS) is 14.9. The quantitative estimate of drug-likeness (QED) is 0.332. The molecule has 0 bridgehead atoms. The van der Waals surface area contributed by atoms with Crippen molar-refractivity contribution >= 4 is 23.6 Å². The number of hydrogen-bond donors (Lipinski definition) is 0. The minimum Gasteiger partial charge on any atom is -0.462 e. The van der Waals surface area contributed by atoms with Gasteiger partial charge in [-0.25, -0.2) is 9.18 Å². The predicted octanol–water partition coefficient (Wildman–Crippen LogP) is 6.12. The molecule has 1 aliphatic rings. The fourth-order valence-electron chi connectivity index (χ4n) is 4.55. The summed E-state index contributed by atoms with van der Waals surface area (Å²) in [5.74, 6) is -1.18. The van der Waals surface area contributed by atoms with Crippen LogP contribution in [-0.4, -0.2) is 23.1 Å². The van der Waals surface area contributed by atoms with Crippen LogP contribution in [0.3, 0.4) is 0 Å². The first kappa shape index (κ1) is 24.2. The molecule has 0 radical (unpaired) electrons. The van der Waals surface area contributed by atoms with Crippen molar-refractivity contribution in [3.05, 3.63) is 99.3 Å². The van der Waals surface area contributed by atoms with Crippen LogP contribution < -0.4 is 4.90 Å². The van der Waals surface area contributed by atoms with Gasteiger partial charge in [0.15, 0.2) is 0 Å². The number of amides is 1. The van der Waals surface area contributed by atoms with Gasteiger partial charge in [-0.3, -0.25) is 9.69 Å². The van der Waals surface area contributed by atoms with Gasteiger partial charge in [-0.2, -0.15) is 0 Å². The Morgan fingerprint density at radius 1 is 1.00 bits per heavy atom. The number of nitrogens with zero attached hydrogens (tertiary/aromatic N) is 2. The molecule has 1 aliphatic heterocycles. The highest BCUT2D eigenvalue weighted by Crippen LogP contribution is 2.37. The van der Waals surface area contributed by atoms with Gasteiger partial charge < -0.3 is 9.30 Å². The number of ether oxygens (including phenoxy) is 1. The predicted molar refractivity (Wildman–Crippen MR) is 136 cm³/mol. The van der Waals surface area contributed by atoms with Crippen LogP contribution in [0.5, 0.6) is 0 Å². The Bertz CT molecular complexity index is 1410. The number of aryl methyl sites for hydroxylation is 3. The summed E-state index contributed by atoms with van der Waals surface area (Å²) in [7, 11) is 0. The zero-order valence-corrected chi connectivity index (χ0v) is 20.9. The van der Waals surface area contributed by atoms with Crippen molar-refractivity contribution in [2.45, 2.75) is 41.5 Å². The van der Waals surface area contributed by atoms with Crippen molar-refractivity contribution in [2.75, 3.05) is 11.5 Å². The maximum atomic E-state index is 14.5. The Kier molecular flexibility index (Phi) is 6.48.